The molecule has 0 unspecified atom stereocenters. The third-order valence-electron chi connectivity index (χ3n) is 7.40. The second-order valence-corrected chi connectivity index (χ2v) is 10.2. The zero-order valence-electron chi connectivity index (χ0n) is 20.6. The number of phenols is 1. The molecule has 4 heterocycles. The maximum Gasteiger partial charge on any atom is 0.175 e. The third-order valence-corrected chi connectivity index (χ3v) is 7.40. The van der Waals surface area contributed by atoms with Crippen LogP contribution in [0.1, 0.15) is 44.5 Å². The largest absolute Gasteiger partial charge is 0.508 e. The molecule has 2 aromatic heterocycles. The van der Waals surface area contributed by atoms with Gasteiger partial charge < -0.3 is 14.7 Å². The van der Waals surface area contributed by atoms with Crippen molar-refractivity contribution in [2.45, 2.75) is 45.6 Å². The first-order valence-electron chi connectivity index (χ1n) is 12.5. The summed E-state index contributed by atoms with van der Waals surface area (Å²) in [5.41, 5.74) is 1.02. The van der Waals surface area contributed by atoms with Crippen LogP contribution in [0.2, 0.25) is 0 Å². The average molecular weight is 491 g/mol. The molecule has 2 aliphatic heterocycles. The average Bonchev–Trinajstić information content (AvgIpc) is 3.16. The first-order chi connectivity index (χ1) is 17.4. The Hall–Kier alpha value is -3.39. The zero-order chi connectivity index (χ0) is 25.1. The van der Waals surface area contributed by atoms with Crippen LogP contribution in [-0.4, -0.2) is 45.9 Å². The smallest absolute Gasteiger partial charge is 0.175 e. The van der Waals surface area contributed by atoms with Crippen molar-refractivity contribution in [3.05, 3.63) is 53.5 Å². The molecule has 0 amide bonds. The van der Waals surface area contributed by atoms with Gasteiger partial charge in [0, 0.05) is 30.1 Å². The van der Waals surface area contributed by atoms with Crippen LogP contribution in [-0.2, 0) is 11.2 Å². The van der Waals surface area contributed by atoms with Crippen molar-refractivity contribution >= 4 is 27.5 Å². The minimum atomic E-state index is -0.602. The molecule has 1 N–H and O–H groups in total. The van der Waals surface area contributed by atoms with Gasteiger partial charge >= 0.3 is 0 Å². The summed E-state index contributed by atoms with van der Waals surface area (Å²) in [5, 5.41) is 12.1. The van der Waals surface area contributed by atoms with Crippen LogP contribution in [0.5, 0.6) is 5.75 Å². The highest BCUT2D eigenvalue weighted by Crippen LogP contribution is 2.40. The number of aryl methyl sites for hydroxylation is 1. The number of aromatic nitrogens is 3. The van der Waals surface area contributed by atoms with E-state index in [4.69, 9.17) is 9.72 Å². The molecule has 2 fully saturated rings. The maximum absolute atomic E-state index is 16.4. The maximum atomic E-state index is 16.4. The van der Waals surface area contributed by atoms with Gasteiger partial charge in [-0.05, 0) is 47.4 Å². The van der Waals surface area contributed by atoms with E-state index >= 15 is 4.39 Å². The zero-order valence-corrected chi connectivity index (χ0v) is 20.6. The van der Waals surface area contributed by atoms with Crippen LogP contribution < -0.4 is 4.90 Å². The van der Waals surface area contributed by atoms with E-state index in [9.17, 15) is 9.50 Å². The number of phenolic OH excluding ortho intramolecular Hbond substituents is 1. The number of hydrogen-bond donors (Lipinski definition) is 1. The van der Waals surface area contributed by atoms with Crippen LogP contribution in [0.25, 0.3) is 32.9 Å². The van der Waals surface area contributed by atoms with E-state index in [-0.39, 0.29) is 34.7 Å². The number of anilines is 1. The highest BCUT2D eigenvalue weighted by molar-refractivity contribution is 6.01. The molecular weight excluding hydrogens is 462 g/mol. The number of hydrogen-bond acceptors (Lipinski definition) is 6. The lowest BCUT2D eigenvalue weighted by atomic mass is 9.94. The van der Waals surface area contributed by atoms with Gasteiger partial charge in [-0.1, -0.05) is 26.8 Å². The van der Waals surface area contributed by atoms with Gasteiger partial charge in [0.2, 0.25) is 0 Å². The highest BCUT2D eigenvalue weighted by atomic mass is 19.1. The lowest BCUT2D eigenvalue weighted by molar-refractivity contribution is 0.0701. The van der Waals surface area contributed by atoms with Gasteiger partial charge in [0.25, 0.3) is 0 Å². The van der Waals surface area contributed by atoms with Crippen LogP contribution in [0, 0.1) is 17.6 Å². The van der Waals surface area contributed by atoms with Gasteiger partial charge in [-0.2, -0.15) is 0 Å². The lowest BCUT2D eigenvalue weighted by Gasteiger charge is -2.27. The van der Waals surface area contributed by atoms with E-state index in [1.807, 2.05) is 20.8 Å². The fraction of sp³-hybridized carbons (Fsp3) is 0.393. The van der Waals surface area contributed by atoms with Crippen LogP contribution in [0.3, 0.4) is 0 Å². The van der Waals surface area contributed by atoms with Crippen molar-refractivity contribution in [2.24, 2.45) is 5.92 Å². The number of benzene rings is 2. The van der Waals surface area contributed by atoms with Gasteiger partial charge in [0.15, 0.2) is 5.82 Å². The van der Waals surface area contributed by atoms with Gasteiger partial charge in [-0.3, -0.25) is 4.98 Å². The van der Waals surface area contributed by atoms with Gasteiger partial charge in [-0.25, -0.2) is 18.7 Å². The Labute approximate surface area is 208 Å². The number of fused-ring (bicyclic) bond motifs is 4. The first kappa shape index (κ1) is 23.0. The second kappa shape index (κ2) is 8.62. The molecule has 0 saturated carbocycles. The van der Waals surface area contributed by atoms with Gasteiger partial charge in [0.1, 0.15) is 34.4 Å². The molecule has 2 bridgehead atoms. The lowest BCUT2D eigenvalue weighted by Crippen LogP contribution is -2.34. The van der Waals surface area contributed by atoms with Gasteiger partial charge in [-0.15, -0.1) is 0 Å². The second-order valence-electron chi connectivity index (χ2n) is 10.2. The van der Waals surface area contributed by atoms with E-state index < -0.39 is 5.82 Å². The number of ether oxygens (including phenoxy) is 1. The molecule has 2 saturated heterocycles. The molecule has 2 aliphatic rings. The van der Waals surface area contributed by atoms with Crippen LogP contribution in [0.4, 0.5) is 14.6 Å². The molecule has 0 aliphatic carbocycles. The Morgan fingerprint density at radius 2 is 2.00 bits per heavy atom. The minimum Gasteiger partial charge on any atom is -0.508 e. The highest BCUT2D eigenvalue weighted by Gasteiger charge is 2.38. The summed E-state index contributed by atoms with van der Waals surface area (Å²) in [4.78, 5) is 16.2. The molecule has 36 heavy (non-hydrogen) atoms. The number of halogens is 2. The molecule has 6 rings (SSSR count). The Bertz CT molecular complexity index is 1510. The standard InChI is InChI=1S/C28H28F2N4O2/c1-4-19-22(29)6-5-16-8-18(35)9-20(23(16)19)25-24(30)26-21(10-31-25)28(33-27(32-26)14(2)3)34-11-15-7-17(34)13-36-12-15/h5-6,8-10,14-15,17,35H,4,7,11-13H2,1-3H3/t15-,17-/m1/s1. The molecule has 8 heteroatoms. The number of rotatable bonds is 4. The SMILES string of the molecule is CCc1c(F)ccc2cc(O)cc(-c3ncc4c(N5C[C@@H]6COC[C@H]5C6)nc(C(C)C)nc4c3F)c12. The van der Waals surface area contributed by atoms with E-state index in [0.717, 1.165) is 19.6 Å². The number of pyridine rings is 1. The molecule has 2 aromatic carbocycles. The van der Waals surface area contributed by atoms with Crippen LogP contribution in [0.15, 0.2) is 30.5 Å². The van der Waals surface area contributed by atoms with Gasteiger partial charge in [0.05, 0.1) is 24.6 Å². The Morgan fingerprint density at radius 1 is 1.17 bits per heavy atom. The normalized spacial score (nSPS) is 19.7. The predicted octanol–water partition coefficient (Wildman–Crippen LogP) is 5.74. The molecule has 0 radical (unpaired) electrons. The summed E-state index contributed by atoms with van der Waals surface area (Å²) in [6.07, 6.45) is 3.05. The summed E-state index contributed by atoms with van der Waals surface area (Å²) in [6.45, 7) is 7.96. The molecule has 6 nitrogen and oxygen atoms in total. The fourth-order valence-corrected chi connectivity index (χ4v) is 5.68. The summed E-state index contributed by atoms with van der Waals surface area (Å²) in [7, 11) is 0. The Morgan fingerprint density at radius 3 is 2.75 bits per heavy atom. The first-order valence-corrected chi connectivity index (χ1v) is 12.5. The minimum absolute atomic E-state index is 0.00946. The van der Waals surface area contributed by atoms with Crippen molar-refractivity contribution in [3.63, 3.8) is 0 Å². The molecule has 2 atom stereocenters. The third kappa shape index (κ3) is 3.58. The van der Waals surface area contributed by atoms with Crippen molar-refractivity contribution in [1.29, 1.82) is 0 Å². The number of aromatic hydroxyl groups is 1. The summed E-state index contributed by atoms with van der Waals surface area (Å²) in [5.74, 6) is 0.641. The summed E-state index contributed by atoms with van der Waals surface area (Å²) in [6, 6.07) is 6.16. The fourth-order valence-electron chi connectivity index (χ4n) is 5.68. The van der Waals surface area contributed by atoms with Crippen molar-refractivity contribution in [2.75, 3.05) is 24.7 Å². The quantitative estimate of drug-likeness (QED) is 0.393. The number of nitrogens with zero attached hydrogens (tertiary/aromatic N) is 4. The summed E-state index contributed by atoms with van der Waals surface area (Å²) < 4.78 is 36.8. The van der Waals surface area contributed by atoms with E-state index in [0.29, 0.717) is 57.9 Å². The van der Waals surface area contributed by atoms with Crippen molar-refractivity contribution < 1.29 is 18.6 Å². The summed E-state index contributed by atoms with van der Waals surface area (Å²) >= 11 is 0. The molecule has 4 aromatic rings. The Kier molecular flexibility index (Phi) is 5.52. The predicted molar refractivity (Wildman–Crippen MR) is 135 cm³/mol. The Balaban J connectivity index is 1.62. The van der Waals surface area contributed by atoms with Crippen molar-refractivity contribution in [1.82, 2.24) is 15.0 Å². The topological polar surface area (TPSA) is 71.4 Å². The molecule has 0 spiro atoms. The van der Waals surface area contributed by atoms with Crippen LogP contribution >= 0.6 is 0 Å². The van der Waals surface area contributed by atoms with E-state index in [1.54, 1.807) is 18.3 Å². The molecular formula is C28H28F2N4O2. The van der Waals surface area contributed by atoms with Crippen molar-refractivity contribution in [3.8, 4) is 17.0 Å². The molecule has 186 valence electrons. The van der Waals surface area contributed by atoms with E-state index in [2.05, 4.69) is 14.9 Å². The monoisotopic (exact) mass is 490 g/mol. The van der Waals surface area contributed by atoms with E-state index in [1.165, 1.54) is 12.1 Å².